The number of rotatable bonds is 9. The van der Waals surface area contributed by atoms with Crippen LogP contribution in [0, 0.1) is 11.8 Å². The third kappa shape index (κ3) is 6.23. The molecular weight excluding hydrogens is 548 g/mol. The minimum absolute atomic E-state index is 0.0177. The van der Waals surface area contributed by atoms with Gasteiger partial charge >= 0.3 is 11.9 Å². The second-order valence-corrected chi connectivity index (χ2v) is 9.52. The zero-order valence-corrected chi connectivity index (χ0v) is 22.1. The van der Waals surface area contributed by atoms with Gasteiger partial charge in [-0.1, -0.05) is 6.07 Å². The molecule has 2 heterocycles. The van der Waals surface area contributed by atoms with E-state index >= 15 is 0 Å². The fourth-order valence-corrected chi connectivity index (χ4v) is 5.01. The number of aromatic hydroxyl groups is 1. The molecule has 0 spiro atoms. The van der Waals surface area contributed by atoms with Gasteiger partial charge in [-0.05, 0) is 35.4 Å². The van der Waals surface area contributed by atoms with Crippen molar-refractivity contribution in [1.29, 1.82) is 0 Å². The Hall–Kier alpha value is -3.50. The Morgan fingerprint density at radius 2 is 1.78 bits per heavy atom. The standard InChI is InChI=1S/C27H32O14/c1-36-16-7-12(3-5-15(16)30)4-6-19(31)39-17-8-13(9-28)20-21(17)14(25(35)37-2)11-38-26(20)41-27-24(34)23(33)22(32)18(10-29)40-27/h3-8,11,17-18,20-24,26-30,32-34H,9-10H2,1-2H3/b6-4-/t17-,18-,20-,21+,22-,23+,24-,26+,27+/m1/s1. The van der Waals surface area contributed by atoms with E-state index in [1.165, 1.54) is 31.4 Å². The minimum Gasteiger partial charge on any atom is -0.504 e. The molecule has 0 saturated carbocycles. The summed E-state index contributed by atoms with van der Waals surface area (Å²) in [5, 5.41) is 59.9. The lowest BCUT2D eigenvalue weighted by Crippen LogP contribution is -2.60. The lowest BCUT2D eigenvalue weighted by molar-refractivity contribution is -0.340. The summed E-state index contributed by atoms with van der Waals surface area (Å²) in [6.07, 6.45) is -5.22. The smallest absolute Gasteiger partial charge is 0.337 e. The highest BCUT2D eigenvalue weighted by Crippen LogP contribution is 2.45. The van der Waals surface area contributed by atoms with E-state index in [1.54, 1.807) is 6.07 Å². The van der Waals surface area contributed by atoms with E-state index in [1.807, 2.05) is 0 Å². The maximum absolute atomic E-state index is 12.8. The van der Waals surface area contributed by atoms with Crippen molar-refractivity contribution in [1.82, 2.24) is 0 Å². The third-order valence-corrected chi connectivity index (χ3v) is 7.12. The van der Waals surface area contributed by atoms with Gasteiger partial charge in [-0.3, -0.25) is 0 Å². The highest BCUT2D eigenvalue weighted by molar-refractivity contribution is 5.90. The Morgan fingerprint density at radius 3 is 2.44 bits per heavy atom. The Morgan fingerprint density at radius 1 is 1.02 bits per heavy atom. The van der Waals surface area contributed by atoms with Crippen molar-refractivity contribution in [2.45, 2.75) is 43.1 Å². The fourth-order valence-electron chi connectivity index (χ4n) is 5.01. The highest BCUT2D eigenvalue weighted by Gasteiger charge is 2.53. The number of methoxy groups -OCH3 is 2. The van der Waals surface area contributed by atoms with Gasteiger partial charge in [0.2, 0.25) is 6.29 Å². The van der Waals surface area contributed by atoms with Crippen LogP contribution in [0.15, 0.2) is 47.8 Å². The molecule has 0 radical (unpaired) electrons. The molecule has 41 heavy (non-hydrogen) atoms. The lowest BCUT2D eigenvalue weighted by Gasteiger charge is -2.43. The van der Waals surface area contributed by atoms with Crippen molar-refractivity contribution in [2.24, 2.45) is 11.8 Å². The molecular formula is C27H32O14. The first kappa shape index (κ1) is 30.5. The van der Waals surface area contributed by atoms with Crippen LogP contribution >= 0.6 is 0 Å². The van der Waals surface area contributed by atoms with E-state index in [9.17, 15) is 40.2 Å². The van der Waals surface area contributed by atoms with Crippen LogP contribution in [-0.2, 0) is 33.3 Å². The van der Waals surface area contributed by atoms with E-state index in [4.69, 9.17) is 28.4 Å². The molecule has 4 rings (SSSR count). The third-order valence-electron chi connectivity index (χ3n) is 7.12. The van der Waals surface area contributed by atoms with Crippen molar-refractivity contribution in [3.05, 3.63) is 53.3 Å². The summed E-state index contributed by atoms with van der Waals surface area (Å²) in [5.74, 6) is -3.33. The second kappa shape index (κ2) is 13.0. The lowest BCUT2D eigenvalue weighted by atomic mass is 9.82. The fraction of sp³-hybridized carbons (Fsp3) is 0.481. The van der Waals surface area contributed by atoms with Crippen LogP contribution in [0.3, 0.4) is 0 Å². The van der Waals surface area contributed by atoms with Crippen molar-refractivity contribution in [3.8, 4) is 11.5 Å². The number of ether oxygens (including phenoxy) is 6. The van der Waals surface area contributed by atoms with Gasteiger partial charge in [0, 0.05) is 12.0 Å². The number of hydrogen-bond donors (Lipinski definition) is 6. The summed E-state index contributed by atoms with van der Waals surface area (Å²) in [7, 11) is 2.53. The van der Waals surface area contributed by atoms with Crippen LogP contribution in [0.5, 0.6) is 11.5 Å². The van der Waals surface area contributed by atoms with Crippen molar-refractivity contribution in [3.63, 3.8) is 0 Å². The Labute approximate surface area is 234 Å². The first-order valence-corrected chi connectivity index (χ1v) is 12.6. The topological polar surface area (TPSA) is 211 Å². The summed E-state index contributed by atoms with van der Waals surface area (Å²) in [5.41, 5.74) is 0.793. The van der Waals surface area contributed by atoms with Gasteiger partial charge in [-0.2, -0.15) is 0 Å². The van der Waals surface area contributed by atoms with Crippen LogP contribution in [0.1, 0.15) is 5.56 Å². The van der Waals surface area contributed by atoms with Crippen molar-refractivity contribution < 1.29 is 68.6 Å². The molecule has 1 aromatic carbocycles. The largest absolute Gasteiger partial charge is 0.504 e. The number of aliphatic hydroxyl groups is 5. The van der Waals surface area contributed by atoms with Gasteiger partial charge < -0.3 is 59.1 Å². The second-order valence-electron chi connectivity index (χ2n) is 9.52. The Balaban J connectivity index is 1.56. The summed E-state index contributed by atoms with van der Waals surface area (Å²) in [6, 6.07) is 4.45. The quantitative estimate of drug-likeness (QED) is 0.114. The Bertz CT molecular complexity index is 1210. The highest BCUT2D eigenvalue weighted by atomic mass is 16.8. The van der Waals surface area contributed by atoms with Crippen LogP contribution in [0.4, 0.5) is 0 Å². The van der Waals surface area contributed by atoms with E-state index in [0.717, 1.165) is 19.4 Å². The maximum Gasteiger partial charge on any atom is 0.337 e. The molecule has 0 amide bonds. The van der Waals surface area contributed by atoms with Crippen LogP contribution < -0.4 is 4.74 Å². The number of esters is 2. The molecule has 9 atom stereocenters. The number of carbonyl (C=O) groups excluding carboxylic acids is 2. The molecule has 14 heteroatoms. The zero-order valence-electron chi connectivity index (χ0n) is 22.1. The number of hydrogen-bond acceptors (Lipinski definition) is 14. The van der Waals surface area contributed by atoms with Crippen LogP contribution in [0.2, 0.25) is 0 Å². The molecule has 0 aromatic heterocycles. The summed E-state index contributed by atoms with van der Waals surface area (Å²) >= 11 is 0. The molecule has 0 bridgehead atoms. The summed E-state index contributed by atoms with van der Waals surface area (Å²) in [4.78, 5) is 25.4. The number of phenolic OH excluding ortho intramolecular Hbond substituents is 1. The average Bonchev–Trinajstić information content (AvgIpc) is 3.35. The predicted molar refractivity (Wildman–Crippen MR) is 136 cm³/mol. The molecule has 0 unspecified atom stereocenters. The van der Waals surface area contributed by atoms with E-state index in [2.05, 4.69) is 0 Å². The van der Waals surface area contributed by atoms with Gasteiger partial charge in [0.25, 0.3) is 0 Å². The molecule has 14 nitrogen and oxygen atoms in total. The van der Waals surface area contributed by atoms with Crippen molar-refractivity contribution in [2.75, 3.05) is 27.4 Å². The molecule has 1 aromatic rings. The molecule has 3 aliphatic rings. The van der Waals surface area contributed by atoms with E-state index < -0.39 is 80.1 Å². The molecule has 1 saturated heterocycles. The van der Waals surface area contributed by atoms with Gasteiger partial charge in [0.1, 0.15) is 30.5 Å². The normalized spacial score (nSPS) is 32.9. The van der Waals surface area contributed by atoms with Crippen LogP contribution in [0.25, 0.3) is 6.08 Å². The van der Waals surface area contributed by atoms with E-state index in [-0.39, 0.29) is 22.6 Å². The average molecular weight is 581 g/mol. The zero-order chi connectivity index (χ0) is 29.8. The predicted octanol–water partition coefficient (Wildman–Crippen LogP) is -1.28. The first-order valence-electron chi connectivity index (χ1n) is 12.6. The number of aliphatic hydroxyl groups excluding tert-OH is 5. The molecule has 224 valence electrons. The molecule has 1 aliphatic carbocycles. The minimum atomic E-state index is -1.74. The van der Waals surface area contributed by atoms with E-state index in [0.29, 0.717) is 5.56 Å². The number of carbonyl (C=O) groups is 2. The number of benzene rings is 1. The number of phenols is 1. The Kier molecular flexibility index (Phi) is 9.65. The summed E-state index contributed by atoms with van der Waals surface area (Å²) < 4.78 is 32.3. The van der Waals surface area contributed by atoms with Gasteiger partial charge in [0.15, 0.2) is 17.8 Å². The maximum atomic E-state index is 12.8. The van der Waals surface area contributed by atoms with Gasteiger partial charge in [0.05, 0.1) is 45.2 Å². The molecule has 2 aliphatic heterocycles. The SMILES string of the molecule is COC(=O)C1=CO[C@@H](O[C@@H]2O[C@H](CO)[C@@H](O)[C@H](O)[C@H]2O)[C@@H]2C(CO)=C[C@@H](OC(=O)/C=C\c3ccc(O)c(OC)c3)[C@H]12. The van der Waals surface area contributed by atoms with Crippen LogP contribution in [-0.4, -0.2) is 113 Å². The summed E-state index contributed by atoms with van der Waals surface area (Å²) in [6.45, 7) is -1.22. The molecule has 1 fully saturated rings. The van der Waals surface area contributed by atoms with Gasteiger partial charge in [-0.25, -0.2) is 9.59 Å². The number of fused-ring (bicyclic) bond motifs is 1. The first-order chi connectivity index (χ1) is 19.6. The molecule has 6 N–H and O–H groups in total. The monoisotopic (exact) mass is 580 g/mol. The van der Waals surface area contributed by atoms with Gasteiger partial charge in [-0.15, -0.1) is 0 Å². The van der Waals surface area contributed by atoms with Crippen molar-refractivity contribution >= 4 is 18.0 Å².